The minimum atomic E-state index is -0.673. The third-order valence-corrected chi connectivity index (χ3v) is 10.4. The summed E-state index contributed by atoms with van der Waals surface area (Å²) in [6.07, 6.45) is 9.88. The van der Waals surface area contributed by atoms with E-state index in [1.807, 2.05) is 12.1 Å². The summed E-state index contributed by atoms with van der Waals surface area (Å²) in [5, 5.41) is 19.7. The number of hydrogen-bond acceptors (Lipinski definition) is 8. The van der Waals surface area contributed by atoms with E-state index >= 15 is 0 Å². The molecule has 2 aromatic rings. The number of nitrogens with zero attached hydrogens (tertiary/aromatic N) is 4. The van der Waals surface area contributed by atoms with Crippen LogP contribution >= 0.6 is 0 Å². The van der Waals surface area contributed by atoms with Gasteiger partial charge in [0.2, 0.25) is 11.8 Å². The van der Waals surface area contributed by atoms with E-state index in [0.29, 0.717) is 24.5 Å². The van der Waals surface area contributed by atoms with Crippen LogP contribution in [-0.4, -0.2) is 99.4 Å². The molecule has 6 rings (SSSR count). The molecular formula is C32H49N7O4. The van der Waals surface area contributed by atoms with Gasteiger partial charge >= 0.3 is 5.69 Å². The van der Waals surface area contributed by atoms with E-state index in [0.717, 1.165) is 81.0 Å². The Labute approximate surface area is 254 Å². The zero-order chi connectivity index (χ0) is 29.9. The second-order valence-corrected chi connectivity index (χ2v) is 13.1. The number of likely N-dealkylation sites (tertiary alicyclic amines) is 1. The largest absolute Gasteiger partial charge is 0.396 e. The molecule has 236 valence electrons. The molecule has 4 fully saturated rings. The smallest absolute Gasteiger partial charge is 0.329 e. The average Bonchev–Trinajstić information content (AvgIpc) is 3.68. The summed E-state index contributed by atoms with van der Waals surface area (Å²) in [7, 11) is 1.76. The first-order chi connectivity index (χ1) is 20.9. The van der Waals surface area contributed by atoms with Gasteiger partial charge in [-0.15, -0.1) is 0 Å². The maximum absolute atomic E-state index is 13.3. The summed E-state index contributed by atoms with van der Waals surface area (Å²) in [6, 6.07) is 7.53. The Hall–Kier alpha value is -2.57. The number of imide groups is 1. The highest BCUT2D eigenvalue weighted by molar-refractivity contribution is 6.00. The van der Waals surface area contributed by atoms with Crippen LogP contribution < -0.4 is 21.6 Å². The Bertz CT molecular complexity index is 1350. The quantitative estimate of drug-likeness (QED) is 0.214. The molecule has 0 bridgehead atoms. The van der Waals surface area contributed by atoms with Crippen molar-refractivity contribution in [3.63, 3.8) is 0 Å². The second-order valence-electron chi connectivity index (χ2n) is 13.1. The van der Waals surface area contributed by atoms with Gasteiger partial charge < -0.3 is 15.7 Å². The summed E-state index contributed by atoms with van der Waals surface area (Å²) in [5.74, 6) is -0.692. The van der Waals surface area contributed by atoms with Crippen molar-refractivity contribution >= 4 is 22.8 Å². The molecule has 1 aromatic heterocycles. The predicted octanol–water partition coefficient (Wildman–Crippen LogP) is 1.23. The predicted molar refractivity (Wildman–Crippen MR) is 166 cm³/mol. The van der Waals surface area contributed by atoms with Crippen LogP contribution in [0.25, 0.3) is 11.0 Å². The number of para-hydroxylation sites is 1. The Morgan fingerprint density at radius 2 is 1.86 bits per heavy atom. The summed E-state index contributed by atoms with van der Waals surface area (Å²) < 4.78 is 3.20. The van der Waals surface area contributed by atoms with Crippen LogP contribution in [0.15, 0.2) is 23.0 Å². The van der Waals surface area contributed by atoms with Gasteiger partial charge in [0.05, 0.1) is 11.0 Å². The number of aromatic nitrogens is 2. The summed E-state index contributed by atoms with van der Waals surface area (Å²) in [6.45, 7) is 6.18. The van der Waals surface area contributed by atoms with Crippen molar-refractivity contribution in [1.29, 1.82) is 0 Å². The van der Waals surface area contributed by atoms with Gasteiger partial charge in [-0.05, 0) is 95.6 Å². The monoisotopic (exact) mass is 595 g/mol. The van der Waals surface area contributed by atoms with Crippen LogP contribution in [0.4, 0.5) is 0 Å². The first-order valence-electron chi connectivity index (χ1n) is 16.5. The first kappa shape index (κ1) is 30.5. The lowest BCUT2D eigenvalue weighted by Gasteiger charge is -2.35. The fourth-order valence-corrected chi connectivity index (χ4v) is 8.14. The molecule has 0 spiro atoms. The SMILES string of the molecule is Cn1c(=O)n(C2CCC(=O)NC2=O)c2cccc(CN3CCC(NC(CCO)CCNCC4CCC5CCCN54)CC3)c21. The minimum absolute atomic E-state index is 0.204. The molecule has 2 amide bonds. The fraction of sp³-hybridized carbons (Fsp3) is 0.719. The van der Waals surface area contributed by atoms with Crippen molar-refractivity contribution in [2.45, 2.75) is 101 Å². The molecule has 0 radical (unpaired) electrons. The number of piperidine rings is 2. The van der Waals surface area contributed by atoms with E-state index in [1.54, 1.807) is 16.2 Å². The molecule has 4 aliphatic heterocycles. The Morgan fingerprint density at radius 1 is 1.02 bits per heavy atom. The van der Waals surface area contributed by atoms with Gasteiger partial charge in [0.25, 0.3) is 0 Å². The van der Waals surface area contributed by atoms with Crippen LogP contribution in [0.5, 0.6) is 0 Å². The third-order valence-electron chi connectivity index (χ3n) is 10.4. The number of aliphatic hydroxyl groups is 1. The number of imidazole rings is 1. The van der Waals surface area contributed by atoms with Crippen molar-refractivity contribution in [3.8, 4) is 0 Å². The number of hydrogen-bond donors (Lipinski definition) is 4. The fourth-order valence-electron chi connectivity index (χ4n) is 8.14. The van der Waals surface area contributed by atoms with E-state index < -0.39 is 11.9 Å². The van der Waals surface area contributed by atoms with Gasteiger partial charge in [-0.25, -0.2) is 4.79 Å². The van der Waals surface area contributed by atoms with Gasteiger partial charge in [0.1, 0.15) is 6.04 Å². The number of benzene rings is 1. The minimum Gasteiger partial charge on any atom is -0.396 e. The lowest BCUT2D eigenvalue weighted by molar-refractivity contribution is -0.135. The maximum atomic E-state index is 13.3. The van der Waals surface area contributed by atoms with Gasteiger partial charge in [-0.1, -0.05) is 12.1 Å². The molecule has 43 heavy (non-hydrogen) atoms. The summed E-state index contributed by atoms with van der Waals surface area (Å²) in [4.78, 5) is 42.7. The average molecular weight is 596 g/mol. The van der Waals surface area contributed by atoms with E-state index in [-0.39, 0.29) is 24.6 Å². The van der Waals surface area contributed by atoms with Crippen molar-refractivity contribution in [1.82, 2.24) is 34.9 Å². The van der Waals surface area contributed by atoms with Crippen LogP contribution in [0, 0.1) is 0 Å². The molecule has 1 aromatic carbocycles. The van der Waals surface area contributed by atoms with Gasteiger partial charge in [-0.2, -0.15) is 0 Å². The highest BCUT2D eigenvalue weighted by Crippen LogP contribution is 2.32. The normalized spacial score (nSPS) is 26.3. The molecule has 0 saturated carbocycles. The number of carbonyl (C=O) groups is 2. The highest BCUT2D eigenvalue weighted by Gasteiger charge is 2.36. The molecule has 4 atom stereocenters. The van der Waals surface area contributed by atoms with E-state index in [2.05, 4.69) is 31.8 Å². The summed E-state index contributed by atoms with van der Waals surface area (Å²) >= 11 is 0. The second kappa shape index (κ2) is 13.6. The lowest BCUT2D eigenvalue weighted by atomic mass is 10.0. The van der Waals surface area contributed by atoms with Gasteiger partial charge in [-0.3, -0.25) is 33.8 Å². The number of amides is 2. The van der Waals surface area contributed by atoms with Crippen LogP contribution in [0.3, 0.4) is 0 Å². The van der Waals surface area contributed by atoms with E-state index in [4.69, 9.17) is 0 Å². The van der Waals surface area contributed by atoms with Crippen molar-refractivity contribution in [2.75, 3.05) is 39.3 Å². The van der Waals surface area contributed by atoms with Crippen molar-refractivity contribution in [2.24, 2.45) is 7.05 Å². The number of nitrogens with one attached hydrogen (secondary N) is 3. The maximum Gasteiger partial charge on any atom is 0.329 e. The Balaban J connectivity index is 1.01. The topological polar surface area (TPSA) is 124 Å². The Kier molecular flexibility index (Phi) is 9.63. The molecule has 11 heteroatoms. The van der Waals surface area contributed by atoms with E-state index in [9.17, 15) is 19.5 Å². The molecule has 11 nitrogen and oxygen atoms in total. The van der Waals surface area contributed by atoms with Gasteiger partial charge in [0.15, 0.2) is 0 Å². The molecule has 0 aliphatic carbocycles. The van der Waals surface area contributed by atoms with Crippen LogP contribution in [-0.2, 0) is 23.2 Å². The number of aryl methyl sites for hydroxylation is 1. The zero-order valence-electron chi connectivity index (χ0n) is 25.6. The molecular weight excluding hydrogens is 546 g/mol. The number of carbonyl (C=O) groups excluding carboxylic acids is 2. The molecule has 4 aliphatic rings. The molecule has 4 saturated heterocycles. The molecule has 5 heterocycles. The third kappa shape index (κ3) is 6.61. The lowest BCUT2D eigenvalue weighted by Crippen LogP contribution is -2.47. The van der Waals surface area contributed by atoms with Crippen LogP contribution in [0.2, 0.25) is 0 Å². The zero-order valence-corrected chi connectivity index (χ0v) is 25.6. The Morgan fingerprint density at radius 3 is 2.65 bits per heavy atom. The van der Waals surface area contributed by atoms with Gasteiger partial charge in [0, 0.05) is 57.3 Å². The number of fused-ring (bicyclic) bond motifs is 2. The van der Waals surface area contributed by atoms with Crippen molar-refractivity contribution in [3.05, 3.63) is 34.2 Å². The highest BCUT2D eigenvalue weighted by atomic mass is 16.3. The number of rotatable bonds is 12. The van der Waals surface area contributed by atoms with E-state index in [1.165, 1.54) is 32.2 Å². The molecule has 4 N–H and O–H groups in total. The molecule has 4 unspecified atom stereocenters. The number of aliphatic hydroxyl groups excluding tert-OH is 1. The van der Waals surface area contributed by atoms with Crippen LogP contribution in [0.1, 0.15) is 75.8 Å². The summed E-state index contributed by atoms with van der Waals surface area (Å²) in [5.41, 5.74) is 2.43. The standard InChI is InChI=1S/C32H49N7O4/c1-36-30-22(4-2-6-27(30)39(32(36)43)28-9-10-29(41)35-31(28)42)21-37-17-12-24(13-18-37)34-23(14-19-40)11-15-33-20-26-8-7-25-5-3-16-38(25)26/h2,4,6,23-26,28,33-34,40H,3,5,7-21H2,1H3,(H,35,41,42). The first-order valence-corrected chi connectivity index (χ1v) is 16.5. The van der Waals surface area contributed by atoms with Crippen molar-refractivity contribution < 1.29 is 14.7 Å².